The molecular weight excluding hydrogens is 546 g/mol. The second kappa shape index (κ2) is 11.3. The van der Waals surface area contributed by atoms with Crippen molar-refractivity contribution in [3.8, 4) is 33.6 Å². The van der Waals surface area contributed by atoms with E-state index in [1.54, 1.807) is 0 Å². The first-order valence-corrected chi connectivity index (χ1v) is 15.4. The molecule has 1 aromatic heterocycles. The molecule has 1 heterocycles. The van der Waals surface area contributed by atoms with E-state index in [1.807, 2.05) is 12.1 Å². The number of furan rings is 1. The standard InChI is InChI=1S/C43H31NO/c1-30-37-19-9-10-24-42(37)45-43(30)34-17-11-18-36(29-34)44(41-23-12-16-32-15-5-6-22-40(32)41)35-27-25-33(26-28-35)39-21-8-7-20-38(39)31-13-3-2-4-14-31/h2-29H,1H3. The van der Waals surface area contributed by atoms with E-state index >= 15 is 0 Å². The third-order valence-corrected chi connectivity index (χ3v) is 8.67. The fraction of sp³-hybridized carbons (Fsp3) is 0.0233. The molecule has 0 atom stereocenters. The summed E-state index contributed by atoms with van der Waals surface area (Å²) in [5.41, 5.74) is 11.2. The van der Waals surface area contributed by atoms with Gasteiger partial charge in [0.05, 0.1) is 5.69 Å². The van der Waals surface area contributed by atoms with Crippen LogP contribution in [0, 0.1) is 6.92 Å². The van der Waals surface area contributed by atoms with Crippen LogP contribution in [-0.4, -0.2) is 0 Å². The highest BCUT2D eigenvalue weighted by Gasteiger charge is 2.18. The zero-order valence-corrected chi connectivity index (χ0v) is 25.0. The number of benzene rings is 7. The highest BCUT2D eigenvalue weighted by molar-refractivity contribution is 5.99. The van der Waals surface area contributed by atoms with Crippen LogP contribution in [0.3, 0.4) is 0 Å². The van der Waals surface area contributed by atoms with Gasteiger partial charge >= 0.3 is 0 Å². The molecule has 0 saturated heterocycles. The second-order valence-corrected chi connectivity index (χ2v) is 11.4. The summed E-state index contributed by atoms with van der Waals surface area (Å²) in [6.45, 7) is 2.14. The molecule has 7 aromatic carbocycles. The van der Waals surface area contributed by atoms with Crippen LogP contribution in [0.4, 0.5) is 17.1 Å². The number of fused-ring (bicyclic) bond motifs is 2. The molecule has 2 nitrogen and oxygen atoms in total. The van der Waals surface area contributed by atoms with E-state index in [9.17, 15) is 0 Å². The Hall–Kier alpha value is -5.86. The molecule has 0 unspecified atom stereocenters. The van der Waals surface area contributed by atoms with Crippen molar-refractivity contribution in [1.82, 2.24) is 0 Å². The summed E-state index contributed by atoms with van der Waals surface area (Å²) in [4.78, 5) is 2.36. The van der Waals surface area contributed by atoms with Crippen LogP contribution in [0.5, 0.6) is 0 Å². The molecule has 0 saturated carbocycles. The van der Waals surface area contributed by atoms with Gasteiger partial charge in [0.2, 0.25) is 0 Å². The van der Waals surface area contributed by atoms with Crippen molar-refractivity contribution < 1.29 is 4.42 Å². The van der Waals surface area contributed by atoms with Gasteiger partial charge in [0.1, 0.15) is 11.3 Å². The molecular formula is C43H31NO. The summed E-state index contributed by atoms with van der Waals surface area (Å²) < 4.78 is 6.40. The molecule has 0 aliphatic rings. The number of para-hydroxylation sites is 1. The van der Waals surface area contributed by atoms with Crippen LogP contribution < -0.4 is 4.90 Å². The van der Waals surface area contributed by atoms with Gasteiger partial charge in [0, 0.05) is 33.3 Å². The Morgan fingerprint density at radius 3 is 1.82 bits per heavy atom. The predicted molar refractivity (Wildman–Crippen MR) is 189 cm³/mol. The van der Waals surface area contributed by atoms with Crippen LogP contribution in [0.25, 0.3) is 55.3 Å². The summed E-state index contributed by atoms with van der Waals surface area (Å²) in [5.74, 6) is 0.906. The largest absolute Gasteiger partial charge is 0.456 e. The molecule has 0 amide bonds. The predicted octanol–water partition coefficient (Wildman–Crippen LogP) is 12.4. The van der Waals surface area contributed by atoms with Gasteiger partial charge in [-0.2, -0.15) is 0 Å². The van der Waals surface area contributed by atoms with Gasteiger partial charge in [0.15, 0.2) is 0 Å². The van der Waals surface area contributed by atoms with Crippen molar-refractivity contribution in [2.24, 2.45) is 0 Å². The first kappa shape index (κ1) is 26.7. The first-order valence-electron chi connectivity index (χ1n) is 15.4. The molecule has 0 radical (unpaired) electrons. The van der Waals surface area contributed by atoms with E-state index in [0.29, 0.717) is 0 Å². The lowest BCUT2D eigenvalue weighted by Gasteiger charge is -2.27. The minimum Gasteiger partial charge on any atom is -0.456 e. The van der Waals surface area contributed by atoms with Crippen LogP contribution in [-0.2, 0) is 0 Å². The molecule has 0 fully saturated rings. The Morgan fingerprint density at radius 2 is 1.04 bits per heavy atom. The SMILES string of the molecule is Cc1c(-c2cccc(N(c3ccc(-c4ccccc4-c4ccccc4)cc3)c3cccc4ccccc34)c2)oc2ccccc12. The minimum absolute atomic E-state index is 0.906. The van der Waals surface area contributed by atoms with Gasteiger partial charge in [-0.3, -0.25) is 0 Å². The fourth-order valence-corrected chi connectivity index (χ4v) is 6.46. The molecule has 0 aliphatic carbocycles. The van der Waals surface area contributed by atoms with Crippen molar-refractivity contribution in [1.29, 1.82) is 0 Å². The lowest BCUT2D eigenvalue weighted by atomic mass is 9.94. The summed E-state index contributed by atoms with van der Waals surface area (Å²) >= 11 is 0. The zero-order chi connectivity index (χ0) is 30.2. The molecule has 45 heavy (non-hydrogen) atoms. The Morgan fingerprint density at radius 1 is 0.444 bits per heavy atom. The van der Waals surface area contributed by atoms with Gasteiger partial charge in [-0.1, -0.05) is 133 Å². The van der Waals surface area contributed by atoms with Gasteiger partial charge in [-0.25, -0.2) is 0 Å². The average Bonchev–Trinajstić information content (AvgIpc) is 3.45. The van der Waals surface area contributed by atoms with Crippen molar-refractivity contribution in [3.05, 3.63) is 175 Å². The second-order valence-electron chi connectivity index (χ2n) is 11.4. The molecule has 214 valence electrons. The van der Waals surface area contributed by atoms with E-state index in [-0.39, 0.29) is 0 Å². The number of anilines is 3. The Labute approximate surface area is 263 Å². The van der Waals surface area contributed by atoms with E-state index in [4.69, 9.17) is 4.42 Å². The van der Waals surface area contributed by atoms with Gasteiger partial charge in [-0.05, 0) is 71.0 Å². The summed E-state index contributed by atoms with van der Waals surface area (Å²) in [6, 6.07) is 60.2. The van der Waals surface area contributed by atoms with Crippen LogP contribution in [0.15, 0.2) is 174 Å². The van der Waals surface area contributed by atoms with Crippen molar-refractivity contribution in [3.63, 3.8) is 0 Å². The molecule has 8 aromatic rings. The quantitative estimate of drug-likeness (QED) is 0.195. The first-order chi connectivity index (χ1) is 22.2. The number of nitrogens with zero attached hydrogens (tertiary/aromatic N) is 1. The fourth-order valence-electron chi connectivity index (χ4n) is 6.46. The van der Waals surface area contributed by atoms with Gasteiger partial charge in [0.25, 0.3) is 0 Å². The molecule has 2 heteroatoms. The van der Waals surface area contributed by atoms with E-state index in [1.165, 1.54) is 33.0 Å². The molecule has 0 bridgehead atoms. The van der Waals surface area contributed by atoms with Crippen LogP contribution in [0.2, 0.25) is 0 Å². The maximum atomic E-state index is 6.40. The third-order valence-electron chi connectivity index (χ3n) is 8.67. The van der Waals surface area contributed by atoms with Gasteiger partial charge in [-0.15, -0.1) is 0 Å². The van der Waals surface area contributed by atoms with Gasteiger partial charge < -0.3 is 9.32 Å². The number of hydrogen-bond acceptors (Lipinski definition) is 2. The smallest absolute Gasteiger partial charge is 0.138 e. The van der Waals surface area contributed by atoms with E-state index < -0.39 is 0 Å². The zero-order valence-electron chi connectivity index (χ0n) is 25.0. The summed E-state index contributed by atoms with van der Waals surface area (Å²) in [5, 5.41) is 3.55. The monoisotopic (exact) mass is 577 g/mol. The minimum atomic E-state index is 0.906. The molecule has 0 spiro atoms. The topological polar surface area (TPSA) is 16.4 Å². The van der Waals surface area contributed by atoms with Crippen molar-refractivity contribution >= 4 is 38.8 Å². The normalized spacial score (nSPS) is 11.2. The lowest BCUT2D eigenvalue weighted by molar-refractivity contribution is 0.629. The number of rotatable bonds is 6. The Bertz CT molecular complexity index is 2270. The lowest BCUT2D eigenvalue weighted by Crippen LogP contribution is -2.10. The molecule has 0 aliphatic heterocycles. The Kier molecular flexibility index (Phi) is 6.73. The van der Waals surface area contributed by atoms with E-state index in [0.717, 1.165) is 44.9 Å². The Balaban J connectivity index is 1.27. The maximum Gasteiger partial charge on any atom is 0.138 e. The molecule has 0 N–H and O–H groups in total. The third kappa shape index (κ3) is 4.87. The maximum absolute atomic E-state index is 6.40. The van der Waals surface area contributed by atoms with Crippen LogP contribution >= 0.6 is 0 Å². The highest BCUT2D eigenvalue weighted by Crippen LogP contribution is 2.42. The summed E-state index contributed by atoms with van der Waals surface area (Å²) in [6.07, 6.45) is 0. The van der Waals surface area contributed by atoms with Crippen molar-refractivity contribution in [2.45, 2.75) is 6.92 Å². The number of aryl methyl sites for hydroxylation is 1. The average molecular weight is 578 g/mol. The van der Waals surface area contributed by atoms with Crippen LogP contribution in [0.1, 0.15) is 5.56 Å². The van der Waals surface area contributed by atoms with Crippen molar-refractivity contribution in [2.75, 3.05) is 4.90 Å². The number of hydrogen-bond donors (Lipinski definition) is 0. The summed E-state index contributed by atoms with van der Waals surface area (Å²) in [7, 11) is 0. The highest BCUT2D eigenvalue weighted by atomic mass is 16.3. The molecule has 8 rings (SSSR count). The van der Waals surface area contributed by atoms with E-state index in [2.05, 4.69) is 170 Å².